The number of carboxylic acid groups (broad SMARTS) is 1. The number of likely N-dealkylation sites (N-methyl/N-ethyl adjacent to an activating group) is 1. The van der Waals surface area contributed by atoms with Gasteiger partial charge in [0.05, 0.1) is 12.6 Å². The van der Waals surface area contributed by atoms with Crippen LogP contribution in [0, 0.1) is 0 Å². The average molecular weight is 182 g/mol. The van der Waals surface area contributed by atoms with Crippen LogP contribution in [0.2, 0.25) is 0 Å². The number of allylic oxidation sites excluding steroid dienone is 2. The first-order valence-electron chi connectivity index (χ1n) is 4.18. The molecular formula is C9H14N2O2. The Balaban J connectivity index is 2.27. The van der Waals surface area contributed by atoms with Gasteiger partial charge in [0, 0.05) is 6.54 Å². The molecule has 4 heteroatoms. The number of hydrogen-bond acceptors (Lipinski definition) is 3. The number of hydrogen-bond donors (Lipinski definition) is 2. The summed E-state index contributed by atoms with van der Waals surface area (Å²) in [5.41, 5.74) is 0. The van der Waals surface area contributed by atoms with Crippen molar-refractivity contribution in [3.63, 3.8) is 0 Å². The molecule has 0 amide bonds. The number of aliphatic carboxylic acids is 1. The molecule has 1 atom stereocenters. The fourth-order valence-corrected chi connectivity index (χ4v) is 1.23. The van der Waals surface area contributed by atoms with Crippen LogP contribution in [0.4, 0.5) is 0 Å². The van der Waals surface area contributed by atoms with E-state index in [1.165, 1.54) is 0 Å². The largest absolute Gasteiger partial charge is 0.480 e. The lowest BCUT2D eigenvalue weighted by Crippen LogP contribution is -2.38. The summed E-state index contributed by atoms with van der Waals surface area (Å²) in [7, 11) is 1.79. The van der Waals surface area contributed by atoms with Crippen LogP contribution in [0.5, 0.6) is 0 Å². The van der Waals surface area contributed by atoms with Gasteiger partial charge >= 0.3 is 5.97 Å². The van der Waals surface area contributed by atoms with Gasteiger partial charge in [-0.15, -0.1) is 0 Å². The van der Waals surface area contributed by atoms with E-state index in [4.69, 9.17) is 5.11 Å². The van der Waals surface area contributed by atoms with Crippen molar-refractivity contribution in [2.24, 2.45) is 0 Å². The molecule has 4 nitrogen and oxygen atoms in total. The minimum absolute atomic E-state index is 0.0791. The lowest BCUT2D eigenvalue weighted by molar-refractivity contribution is -0.138. The normalized spacial score (nSPS) is 20.3. The highest BCUT2D eigenvalue weighted by molar-refractivity contribution is 5.69. The molecule has 72 valence electrons. The lowest BCUT2D eigenvalue weighted by Gasteiger charge is -2.21. The summed E-state index contributed by atoms with van der Waals surface area (Å²) in [5.74, 6) is -0.794. The highest BCUT2D eigenvalue weighted by atomic mass is 16.4. The van der Waals surface area contributed by atoms with Gasteiger partial charge in [-0.25, -0.2) is 0 Å². The number of dihydropyridines is 1. The molecule has 0 saturated heterocycles. The van der Waals surface area contributed by atoms with E-state index < -0.39 is 5.97 Å². The van der Waals surface area contributed by atoms with Gasteiger partial charge in [0.15, 0.2) is 0 Å². The van der Waals surface area contributed by atoms with Gasteiger partial charge in [-0.3, -0.25) is 9.69 Å². The minimum atomic E-state index is -0.794. The van der Waals surface area contributed by atoms with E-state index in [9.17, 15) is 4.79 Å². The molecule has 0 bridgehead atoms. The zero-order chi connectivity index (χ0) is 9.68. The molecule has 0 saturated carbocycles. The summed E-state index contributed by atoms with van der Waals surface area (Å²) in [6, 6.07) is 0.217. The third-order valence-electron chi connectivity index (χ3n) is 1.77. The Bertz CT molecular complexity index is 236. The molecule has 13 heavy (non-hydrogen) atoms. The third-order valence-corrected chi connectivity index (χ3v) is 1.77. The van der Waals surface area contributed by atoms with Crippen LogP contribution in [-0.2, 0) is 4.79 Å². The van der Waals surface area contributed by atoms with Crippen LogP contribution < -0.4 is 5.32 Å². The maximum absolute atomic E-state index is 10.4. The fraction of sp³-hybridized carbons (Fsp3) is 0.444. The van der Waals surface area contributed by atoms with Crippen molar-refractivity contribution in [3.05, 3.63) is 24.4 Å². The molecule has 0 aliphatic carbocycles. The van der Waals surface area contributed by atoms with E-state index in [1.54, 1.807) is 11.9 Å². The zero-order valence-electron chi connectivity index (χ0n) is 7.60. The smallest absolute Gasteiger partial charge is 0.317 e. The van der Waals surface area contributed by atoms with E-state index in [2.05, 4.69) is 5.32 Å². The number of nitrogens with one attached hydrogen (secondary N) is 1. The number of nitrogens with zero attached hydrogens (tertiary/aromatic N) is 1. The summed E-state index contributed by atoms with van der Waals surface area (Å²) in [4.78, 5) is 12.1. The second-order valence-corrected chi connectivity index (χ2v) is 3.11. The molecule has 0 aromatic rings. The van der Waals surface area contributed by atoms with Crippen LogP contribution in [0.3, 0.4) is 0 Å². The predicted molar refractivity (Wildman–Crippen MR) is 50.3 cm³/mol. The van der Waals surface area contributed by atoms with Gasteiger partial charge in [-0.2, -0.15) is 0 Å². The van der Waals surface area contributed by atoms with E-state index in [0.717, 1.165) is 0 Å². The Hall–Kier alpha value is -1.29. The second kappa shape index (κ2) is 4.67. The van der Waals surface area contributed by atoms with Gasteiger partial charge in [0.25, 0.3) is 0 Å². The maximum Gasteiger partial charge on any atom is 0.317 e. The third kappa shape index (κ3) is 3.75. The molecule has 1 rings (SSSR count). The van der Waals surface area contributed by atoms with Crippen molar-refractivity contribution in [1.82, 2.24) is 10.2 Å². The molecule has 0 fully saturated rings. The summed E-state index contributed by atoms with van der Waals surface area (Å²) in [5, 5.41) is 11.6. The molecule has 2 N–H and O–H groups in total. The van der Waals surface area contributed by atoms with Crippen LogP contribution >= 0.6 is 0 Å². The number of rotatable bonds is 4. The molecule has 1 heterocycles. The quantitative estimate of drug-likeness (QED) is 0.644. The van der Waals surface area contributed by atoms with Gasteiger partial charge < -0.3 is 10.4 Å². The van der Waals surface area contributed by atoms with Crippen molar-refractivity contribution in [2.75, 3.05) is 20.1 Å². The first-order chi connectivity index (χ1) is 6.18. The SMILES string of the molecule is CN(CC(=O)O)CC1C=CC=CN1. The molecule has 1 unspecified atom stereocenters. The minimum Gasteiger partial charge on any atom is -0.480 e. The highest BCUT2D eigenvalue weighted by Crippen LogP contribution is 1.96. The van der Waals surface area contributed by atoms with Crippen molar-refractivity contribution < 1.29 is 9.90 Å². The van der Waals surface area contributed by atoms with Gasteiger partial charge in [0.2, 0.25) is 0 Å². The van der Waals surface area contributed by atoms with Crippen molar-refractivity contribution in [3.8, 4) is 0 Å². The second-order valence-electron chi connectivity index (χ2n) is 3.11. The predicted octanol–water partition coefficient (Wildman–Crippen LogP) is 0.0445. The highest BCUT2D eigenvalue weighted by Gasteiger charge is 2.10. The first kappa shape index (κ1) is 9.80. The van der Waals surface area contributed by atoms with Crippen LogP contribution in [0.15, 0.2) is 24.4 Å². The maximum atomic E-state index is 10.4. The summed E-state index contributed by atoms with van der Waals surface area (Å²) in [6.07, 6.45) is 7.74. The average Bonchev–Trinajstić information content (AvgIpc) is 2.04. The fourth-order valence-electron chi connectivity index (χ4n) is 1.23. The Morgan fingerprint density at radius 2 is 2.38 bits per heavy atom. The first-order valence-corrected chi connectivity index (χ1v) is 4.18. The molecule has 1 aliphatic heterocycles. The topological polar surface area (TPSA) is 52.6 Å². The summed E-state index contributed by atoms with van der Waals surface area (Å²) < 4.78 is 0. The van der Waals surface area contributed by atoms with E-state index >= 15 is 0 Å². The Kier molecular flexibility index (Phi) is 3.52. The van der Waals surface area contributed by atoms with Crippen molar-refractivity contribution in [2.45, 2.75) is 6.04 Å². The molecule has 0 aromatic carbocycles. The molecular weight excluding hydrogens is 168 g/mol. The van der Waals surface area contributed by atoms with E-state index in [0.29, 0.717) is 6.54 Å². The zero-order valence-corrected chi connectivity index (χ0v) is 7.60. The van der Waals surface area contributed by atoms with E-state index in [1.807, 2.05) is 24.4 Å². The van der Waals surface area contributed by atoms with E-state index in [-0.39, 0.29) is 12.6 Å². The number of carbonyl (C=O) groups is 1. The van der Waals surface area contributed by atoms with Crippen molar-refractivity contribution >= 4 is 5.97 Å². The van der Waals surface area contributed by atoms with Crippen LogP contribution in [0.25, 0.3) is 0 Å². The standard InChI is InChI=1S/C9H14N2O2/c1-11(7-9(12)13)6-8-4-2-3-5-10-8/h2-5,8,10H,6-7H2,1H3,(H,12,13). The van der Waals surface area contributed by atoms with Gasteiger partial charge in [-0.05, 0) is 19.3 Å². The molecule has 0 radical (unpaired) electrons. The Morgan fingerprint density at radius 3 is 2.92 bits per heavy atom. The monoisotopic (exact) mass is 182 g/mol. The molecule has 0 spiro atoms. The van der Waals surface area contributed by atoms with Crippen LogP contribution in [-0.4, -0.2) is 42.2 Å². The summed E-state index contributed by atoms with van der Waals surface area (Å²) in [6.45, 7) is 0.781. The Morgan fingerprint density at radius 1 is 1.62 bits per heavy atom. The van der Waals surface area contributed by atoms with Gasteiger partial charge in [0.1, 0.15) is 0 Å². The molecule has 1 aliphatic rings. The Labute approximate surface area is 77.5 Å². The van der Waals surface area contributed by atoms with Crippen molar-refractivity contribution in [1.29, 1.82) is 0 Å². The van der Waals surface area contributed by atoms with Gasteiger partial charge in [-0.1, -0.05) is 12.2 Å². The lowest BCUT2D eigenvalue weighted by atomic mass is 10.2. The molecule has 0 aromatic heterocycles. The summed E-state index contributed by atoms with van der Waals surface area (Å²) >= 11 is 0. The van der Waals surface area contributed by atoms with Crippen LogP contribution in [0.1, 0.15) is 0 Å². The number of carboxylic acids is 1.